The number of nitrogens with zero attached hydrogens (tertiary/aromatic N) is 2. The van der Waals surface area contributed by atoms with E-state index < -0.39 is 0 Å². The summed E-state index contributed by atoms with van der Waals surface area (Å²) in [6.45, 7) is 5.30. The fourth-order valence-electron chi connectivity index (χ4n) is 1.71. The maximum atomic E-state index is 12.5. The topological polar surface area (TPSA) is 100 Å². The van der Waals surface area contributed by atoms with Crippen LogP contribution in [-0.4, -0.2) is 48.4 Å². The fourth-order valence-corrected chi connectivity index (χ4v) is 2.59. The van der Waals surface area contributed by atoms with Crippen LogP contribution in [0.15, 0.2) is 0 Å². The van der Waals surface area contributed by atoms with E-state index in [2.05, 4.69) is 15.6 Å². The summed E-state index contributed by atoms with van der Waals surface area (Å²) in [6, 6.07) is 0. The molecule has 21 heavy (non-hydrogen) atoms. The van der Waals surface area contributed by atoms with Crippen molar-refractivity contribution in [2.45, 2.75) is 26.7 Å². The second-order valence-electron chi connectivity index (χ2n) is 4.56. The van der Waals surface area contributed by atoms with Gasteiger partial charge in [0.2, 0.25) is 5.91 Å². The molecule has 0 bridgehead atoms. The number of carbonyl (C=O) groups is 2. The third-order valence-electron chi connectivity index (χ3n) is 2.77. The van der Waals surface area contributed by atoms with E-state index in [1.807, 2.05) is 13.8 Å². The van der Waals surface area contributed by atoms with Crippen LogP contribution in [0.1, 0.15) is 36.4 Å². The molecule has 0 spiro atoms. The minimum Gasteiger partial charge on any atom is -0.382 e. The van der Waals surface area contributed by atoms with Crippen LogP contribution in [0.2, 0.25) is 0 Å². The van der Waals surface area contributed by atoms with Gasteiger partial charge in [-0.05, 0) is 12.8 Å². The van der Waals surface area contributed by atoms with E-state index in [1.165, 1.54) is 16.2 Å². The third-order valence-corrected chi connectivity index (χ3v) is 3.78. The van der Waals surface area contributed by atoms with Gasteiger partial charge in [-0.25, -0.2) is 4.98 Å². The molecule has 1 rings (SSSR count). The minimum atomic E-state index is -0.250. The Morgan fingerprint density at radius 3 is 2.62 bits per heavy atom. The van der Waals surface area contributed by atoms with Crippen molar-refractivity contribution in [3.63, 3.8) is 0 Å². The van der Waals surface area contributed by atoms with Gasteiger partial charge in [0.1, 0.15) is 10.7 Å². The van der Waals surface area contributed by atoms with Crippen molar-refractivity contribution >= 4 is 34.1 Å². The lowest BCUT2D eigenvalue weighted by atomic mass is 10.3. The van der Waals surface area contributed by atoms with Gasteiger partial charge in [-0.2, -0.15) is 0 Å². The molecule has 118 valence electrons. The molecule has 1 aromatic rings. The maximum absolute atomic E-state index is 12.5. The SMILES string of the molecule is CCCNc1nc(N)c(C(=O)N(CCC)CC(=O)NC)s1. The van der Waals surface area contributed by atoms with Gasteiger partial charge in [-0.15, -0.1) is 0 Å². The highest BCUT2D eigenvalue weighted by Gasteiger charge is 2.23. The van der Waals surface area contributed by atoms with Crippen molar-refractivity contribution in [2.75, 3.05) is 37.7 Å². The number of nitrogens with two attached hydrogens (primary N) is 1. The summed E-state index contributed by atoms with van der Waals surface area (Å²) in [4.78, 5) is 30.0. The van der Waals surface area contributed by atoms with Crippen molar-refractivity contribution in [1.82, 2.24) is 15.2 Å². The number of amides is 2. The van der Waals surface area contributed by atoms with Crippen molar-refractivity contribution in [3.8, 4) is 0 Å². The van der Waals surface area contributed by atoms with Crippen LogP contribution in [-0.2, 0) is 4.79 Å². The highest BCUT2D eigenvalue weighted by molar-refractivity contribution is 7.18. The number of thiazole rings is 1. The lowest BCUT2D eigenvalue weighted by Crippen LogP contribution is -2.40. The lowest BCUT2D eigenvalue weighted by molar-refractivity contribution is -0.121. The number of hydrogen-bond donors (Lipinski definition) is 3. The highest BCUT2D eigenvalue weighted by Crippen LogP contribution is 2.26. The average Bonchev–Trinajstić information content (AvgIpc) is 2.84. The van der Waals surface area contributed by atoms with Gasteiger partial charge in [0, 0.05) is 20.1 Å². The molecule has 0 aliphatic heterocycles. The Labute approximate surface area is 128 Å². The lowest BCUT2D eigenvalue weighted by Gasteiger charge is -2.20. The average molecular weight is 313 g/mol. The van der Waals surface area contributed by atoms with Crippen LogP contribution in [0.25, 0.3) is 0 Å². The number of hydrogen-bond acceptors (Lipinski definition) is 6. The molecular weight excluding hydrogens is 290 g/mol. The van der Waals surface area contributed by atoms with Crippen LogP contribution < -0.4 is 16.4 Å². The number of aromatic nitrogens is 1. The first-order valence-corrected chi connectivity index (χ1v) is 7.85. The van der Waals surface area contributed by atoms with Gasteiger partial charge in [-0.3, -0.25) is 9.59 Å². The number of likely N-dealkylation sites (N-methyl/N-ethyl adjacent to an activating group) is 1. The Hall–Kier alpha value is -1.83. The Kier molecular flexibility index (Phi) is 6.93. The Morgan fingerprint density at radius 1 is 1.33 bits per heavy atom. The van der Waals surface area contributed by atoms with Gasteiger partial charge in [-0.1, -0.05) is 25.2 Å². The molecule has 0 saturated heterocycles. The second-order valence-corrected chi connectivity index (χ2v) is 5.56. The molecule has 8 heteroatoms. The summed E-state index contributed by atoms with van der Waals surface area (Å²) in [7, 11) is 1.55. The Balaban J connectivity index is 2.87. The van der Waals surface area contributed by atoms with E-state index in [4.69, 9.17) is 5.73 Å². The molecule has 0 unspecified atom stereocenters. The Bertz CT molecular complexity index is 489. The second kappa shape index (κ2) is 8.46. The van der Waals surface area contributed by atoms with Gasteiger partial charge in [0.05, 0.1) is 6.54 Å². The summed E-state index contributed by atoms with van der Waals surface area (Å²) in [5, 5.41) is 6.26. The van der Waals surface area contributed by atoms with Crippen LogP contribution in [0.4, 0.5) is 10.9 Å². The molecule has 0 fully saturated rings. The molecule has 0 radical (unpaired) electrons. The van der Waals surface area contributed by atoms with Gasteiger partial charge in [0.25, 0.3) is 5.91 Å². The first kappa shape index (κ1) is 17.2. The number of carbonyl (C=O) groups excluding carboxylic acids is 2. The molecule has 0 aliphatic rings. The van der Waals surface area contributed by atoms with Crippen LogP contribution in [0.3, 0.4) is 0 Å². The summed E-state index contributed by atoms with van der Waals surface area (Å²) < 4.78 is 0. The van der Waals surface area contributed by atoms with Crippen LogP contribution in [0.5, 0.6) is 0 Å². The number of anilines is 2. The zero-order chi connectivity index (χ0) is 15.8. The molecule has 0 aliphatic carbocycles. The van der Waals surface area contributed by atoms with Gasteiger partial charge >= 0.3 is 0 Å². The molecule has 0 saturated carbocycles. The van der Waals surface area contributed by atoms with Crippen LogP contribution >= 0.6 is 11.3 Å². The number of nitrogen functional groups attached to an aromatic ring is 1. The zero-order valence-electron chi connectivity index (χ0n) is 12.7. The largest absolute Gasteiger partial charge is 0.382 e. The summed E-state index contributed by atoms with van der Waals surface area (Å²) in [5.41, 5.74) is 5.82. The molecular formula is C13H23N5O2S. The molecule has 0 atom stereocenters. The predicted octanol–water partition coefficient (Wildman–Crippen LogP) is 1.15. The first-order valence-electron chi connectivity index (χ1n) is 7.03. The van der Waals surface area contributed by atoms with E-state index in [1.54, 1.807) is 7.05 Å². The standard InChI is InChI=1S/C13H23N5O2S/c1-4-6-16-13-17-11(14)10(21-13)12(20)18(7-5-2)8-9(19)15-3/h4-8,14H2,1-3H3,(H,15,19)(H,16,17). The fraction of sp³-hybridized carbons (Fsp3) is 0.615. The molecule has 1 heterocycles. The molecule has 0 aromatic carbocycles. The molecule has 4 N–H and O–H groups in total. The monoisotopic (exact) mass is 313 g/mol. The molecule has 2 amide bonds. The maximum Gasteiger partial charge on any atom is 0.268 e. The van der Waals surface area contributed by atoms with Crippen molar-refractivity contribution in [2.24, 2.45) is 0 Å². The third kappa shape index (κ3) is 4.89. The van der Waals surface area contributed by atoms with Crippen molar-refractivity contribution < 1.29 is 9.59 Å². The normalized spacial score (nSPS) is 10.2. The predicted molar refractivity (Wildman–Crippen MR) is 85.6 cm³/mol. The van der Waals surface area contributed by atoms with E-state index in [9.17, 15) is 9.59 Å². The van der Waals surface area contributed by atoms with Crippen molar-refractivity contribution in [3.05, 3.63) is 4.88 Å². The first-order chi connectivity index (χ1) is 10.0. The summed E-state index contributed by atoms with van der Waals surface area (Å²) in [6.07, 6.45) is 1.73. The molecule has 7 nitrogen and oxygen atoms in total. The number of nitrogens with one attached hydrogen (secondary N) is 2. The van der Waals surface area contributed by atoms with E-state index in [0.29, 0.717) is 16.6 Å². The zero-order valence-corrected chi connectivity index (χ0v) is 13.5. The van der Waals surface area contributed by atoms with Crippen LogP contribution in [0, 0.1) is 0 Å². The van der Waals surface area contributed by atoms with E-state index >= 15 is 0 Å². The van der Waals surface area contributed by atoms with E-state index in [-0.39, 0.29) is 24.2 Å². The summed E-state index contributed by atoms with van der Waals surface area (Å²) in [5.74, 6) is -0.245. The van der Waals surface area contributed by atoms with Gasteiger partial charge in [0.15, 0.2) is 5.13 Å². The van der Waals surface area contributed by atoms with E-state index in [0.717, 1.165) is 19.4 Å². The smallest absolute Gasteiger partial charge is 0.268 e. The van der Waals surface area contributed by atoms with Crippen molar-refractivity contribution in [1.29, 1.82) is 0 Å². The quantitative estimate of drug-likeness (QED) is 0.668. The van der Waals surface area contributed by atoms with Gasteiger partial charge < -0.3 is 21.3 Å². The summed E-state index contributed by atoms with van der Waals surface area (Å²) >= 11 is 1.23. The molecule has 1 aromatic heterocycles. The minimum absolute atomic E-state index is 0.0260. The number of rotatable bonds is 8. The Morgan fingerprint density at radius 2 is 2.05 bits per heavy atom. The highest BCUT2D eigenvalue weighted by atomic mass is 32.1.